The summed E-state index contributed by atoms with van der Waals surface area (Å²) < 4.78 is 0. The molecule has 2 heterocycles. The van der Waals surface area contributed by atoms with Crippen molar-refractivity contribution >= 4 is 23.4 Å². The van der Waals surface area contributed by atoms with Crippen molar-refractivity contribution in [1.82, 2.24) is 15.2 Å². The standard InChI is InChI=1S/C14H19ClN4O/c15-12-2-1-3-13(17-12)18-14(20)16-10-6-8-19(9-7-10)11-4-5-11/h1-3,10-11H,4-9H2,(H2,16,17,18,20). The fourth-order valence-corrected chi connectivity index (χ4v) is 2.83. The van der Waals surface area contributed by atoms with E-state index in [-0.39, 0.29) is 12.1 Å². The Hall–Kier alpha value is -1.33. The number of nitrogens with one attached hydrogen (secondary N) is 2. The molecule has 1 aromatic rings. The third-order valence-electron chi connectivity index (χ3n) is 3.88. The van der Waals surface area contributed by atoms with Crippen LogP contribution in [-0.4, -0.2) is 41.1 Å². The Balaban J connectivity index is 1.44. The fraction of sp³-hybridized carbons (Fsp3) is 0.571. The van der Waals surface area contributed by atoms with Gasteiger partial charge in [0.1, 0.15) is 11.0 Å². The SMILES string of the molecule is O=C(Nc1cccc(Cl)n1)NC1CCN(C2CC2)CC1. The largest absolute Gasteiger partial charge is 0.335 e. The summed E-state index contributed by atoms with van der Waals surface area (Å²) in [5.41, 5.74) is 0. The summed E-state index contributed by atoms with van der Waals surface area (Å²) in [5, 5.41) is 6.10. The number of pyridine rings is 1. The predicted molar refractivity (Wildman–Crippen MR) is 79.0 cm³/mol. The van der Waals surface area contributed by atoms with Crippen LogP contribution in [0.5, 0.6) is 0 Å². The van der Waals surface area contributed by atoms with Gasteiger partial charge in [0, 0.05) is 25.2 Å². The lowest BCUT2D eigenvalue weighted by Gasteiger charge is -2.32. The summed E-state index contributed by atoms with van der Waals surface area (Å²) >= 11 is 5.78. The molecule has 0 unspecified atom stereocenters. The van der Waals surface area contributed by atoms with Crippen molar-refractivity contribution in [3.8, 4) is 0 Å². The van der Waals surface area contributed by atoms with Gasteiger partial charge < -0.3 is 10.2 Å². The number of carbonyl (C=O) groups excluding carboxylic acids is 1. The Bertz CT molecular complexity index is 484. The summed E-state index contributed by atoms with van der Waals surface area (Å²) in [6.07, 6.45) is 4.73. The highest BCUT2D eigenvalue weighted by atomic mass is 35.5. The predicted octanol–water partition coefficient (Wildman–Crippen LogP) is 2.48. The van der Waals surface area contributed by atoms with Gasteiger partial charge in [0.25, 0.3) is 0 Å². The first-order valence-electron chi connectivity index (χ1n) is 7.15. The molecular weight excluding hydrogens is 276 g/mol. The molecule has 20 heavy (non-hydrogen) atoms. The summed E-state index contributed by atoms with van der Waals surface area (Å²) in [6, 6.07) is 6.03. The van der Waals surface area contributed by atoms with Crippen LogP contribution in [0.25, 0.3) is 0 Å². The van der Waals surface area contributed by atoms with E-state index >= 15 is 0 Å². The molecular formula is C14H19ClN4O. The first-order valence-corrected chi connectivity index (χ1v) is 7.52. The summed E-state index contributed by atoms with van der Waals surface area (Å²) in [7, 11) is 0. The van der Waals surface area contributed by atoms with Gasteiger partial charge in [0.2, 0.25) is 0 Å². The number of nitrogens with zero attached hydrogens (tertiary/aromatic N) is 2. The second-order valence-corrected chi connectivity index (χ2v) is 5.87. The number of rotatable bonds is 3. The zero-order valence-electron chi connectivity index (χ0n) is 11.3. The molecule has 2 fully saturated rings. The van der Waals surface area contributed by atoms with E-state index < -0.39 is 0 Å². The van der Waals surface area contributed by atoms with Crippen molar-refractivity contribution in [3.05, 3.63) is 23.4 Å². The third-order valence-corrected chi connectivity index (χ3v) is 4.10. The Morgan fingerprint density at radius 3 is 2.65 bits per heavy atom. The van der Waals surface area contributed by atoms with Gasteiger partial charge in [-0.25, -0.2) is 9.78 Å². The minimum Gasteiger partial charge on any atom is -0.335 e. The summed E-state index contributed by atoms with van der Waals surface area (Å²) in [6.45, 7) is 2.18. The van der Waals surface area contributed by atoms with Crippen LogP contribution in [0.4, 0.5) is 10.6 Å². The minimum atomic E-state index is -0.204. The lowest BCUT2D eigenvalue weighted by atomic mass is 10.1. The molecule has 6 heteroatoms. The Kier molecular flexibility index (Phi) is 4.08. The van der Waals surface area contributed by atoms with Crippen LogP contribution in [0, 0.1) is 0 Å². The molecule has 0 aromatic carbocycles. The van der Waals surface area contributed by atoms with E-state index in [1.807, 2.05) is 0 Å². The second-order valence-electron chi connectivity index (χ2n) is 5.49. The zero-order valence-corrected chi connectivity index (χ0v) is 12.1. The molecule has 1 aromatic heterocycles. The molecule has 0 bridgehead atoms. The number of likely N-dealkylation sites (tertiary alicyclic amines) is 1. The molecule has 1 aliphatic heterocycles. The average Bonchev–Trinajstić information content (AvgIpc) is 3.24. The number of hydrogen-bond acceptors (Lipinski definition) is 3. The quantitative estimate of drug-likeness (QED) is 0.842. The number of carbonyl (C=O) groups is 1. The third kappa shape index (κ3) is 3.61. The van der Waals surface area contributed by atoms with Gasteiger partial charge in [-0.3, -0.25) is 5.32 Å². The minimum absolute atomic E-state index is 0.204. The topological polar surface area (TPSA) is 57.3 Å². The van der Waals surface area contributed by atoms with E-state index in [0.29, 0.717) is 11.0 Å². The van der Waals surface area contributed by atoms with Crippen LogP contribution in [0.2, 0.25) is 5.15 Å². The Labute approximate surface area is 123 Å². The highest BCUT2D eigenvalue weighted by Gasteiger charge is 2.32. The van der Waals surface area contributed by atoms with Crippen LogP contribution in [-0.2, 0) is 0 Å². The van der Waals surface area contributed by atoms with E-state index in [1.165, 1.54) is 12.8 Å². The average molecular weight is 295 g/mol. The first-order chi connectivity index (χ1) is 9.70. The molecule has 108 valence electrons. The van der Waals surface area contributed by atoms with Gasteiger partial charge in [-0.15, -0.1) is 0 Å². The second kappa shape index (κ2) is 5.97. The van der Waals surface area contributed by atoms with Crippen molar-refractivity contribution in [3.63, 3.8) is 0 Å². The van der Waals surface area contributed by atoms with E-state index in [0.717, 1.165) is 32.0 Å². The number of amides is 2. The normalized spacial score (nSPS) is 20.6. The van der Waals surface area contributed by atoms with Gasteiger partial charge in [-0.1, -0.05) is 17.7 Å². The van der Waals surface area contributed by atoms with E-state index in [9.17, 15) is 4.79 Å². The van der Waals surface area contributed by atoms with Crippen molar-refractivity contribution in [2.75, 3.05) is 18.4 Å². The molecule has 2 aliphatic rings. The van der Waals surface area contributed by atoms with Crippen LogP contribution in [0.1, 0.15) is 25.7 Å². The Morgan fingerprint density at radius 1 is 1.25 bits per heavy atom. The highest BCUT2D eigenvalue weighted by molar-refractivity contribution is 6.29. The fourth-order valence-electron chi connectivity index (χ4n) is 2.66. The number of piperidine rings is 1. The monoisotopic (exact) mass is 294 g/mol. The van der Waals surface area contributed by atoms with Crippen molar-refractivity contribution in [2.24, 2.45) is 0 Å². The molecule has 0 atom stereocenters. The van der Waals surface area contributed by atoms with Crippen LogP contribution >= 0.6 is 11.6 Å². The number of halogens is 1. The molecule has 0 spiro atoms. The number of hydrogen-bond donors (Lipinski definition) is 2. The molecule has 1 aliphatic carbocycles. The molecule has 0 radical (unpaired) electrons. The van der Waals surface area contributed by atoms with Crippen LogP contribution in [0.3, 0.4) is 0 Å². The van der Waals surface area contributed by atoms with Crippen molar-refractivity contribution < 1.29 is 4.79 Å². The maximum absolute atomic E-state index is 11.9. The van der Waals surface area contributed by atoms with Gasteiger partial charge in [0.05, 0.1) is 0 Å². The molecule has 5 nitrogen and oxygen atoms in total. The highest BCUT2D eigenvalue weighted by Crippen LogP contribution is 2.29. The van der Waals surface area contributed by atoms with Crippen LogP contribution in [0.15, 0.2) is 18.2 Å². The van der Waals surface area contributed by atoms with Crippen molar-refractivity contribution in [1.29, 1.82) is 0 Å². The molecule has 2 N–H and O–H groups in total. The van der Waals surface area contributed by atoms with Crippen molar-refractivity contribution in [2.45, 2.75) is 37.8 Å². The number of anilines is 1. The lowest BCUT2D eigenvalue weighted by molar-refractivity contribution is 0.189. The maximum Gasteiger partial charge on any atom is 0.320 e. The maximum atomic E-state index is 11.9. The Morgan fingerprint density at radius 2 is 2.00 bits per heavy atom. The summed E-state index contributed by atoms with van der Waals surface area (Å²) in [5.74, 6) is 0.477. The van der Waals surface area contributed by atoms with Gasteiger partial charge in [-0.2, -0.15) is 0 Å². The van der Waals surface area contributed by atoms with E-state index in [2.05, 4.69) is 20.5 Å². The molecule has 3 rings (SSSR count). The molecule has 1 saturated heterocycles. The van der Waals surface area contributed by atoms with E-state index in [1.54, 1.807) is 18.2 Å². The van der Waals surface area contributed by atoms with Gasteiger partial charge in [-0.05, 0) is 37.8 Å². The summed E-state index contributed by atoms with van der Waals surface area (Å²) in [4.78, 5) is 18.5. The lowest BCUT2D eigenvalue weighted by Crippen LogP contribution is -2.46. The molecule has 1 saturated carbocycles. The number of aromatic nitrogens is 1. The van der Waals surface area contributed by atoms with Gasteiger partial charge >= 0.3 is 6.03 Å². The first kappa shape index (κ1) is 13.6. The zero-order chi connectivity index (χ0) is 13.9. The number of urea groups is 1. The smallest absolute Gasteiger partial charge is 0.320 e. The molecule has 2 amide bonds. The van der Waals surface area contributed by atoms with Crippen LogP contribution < -0.4 is 10.6 Å². The van der Waals surface area contributed by atoms with E-state index in [4.69, 9.17) is 11.6 Å². The van der Waals surface area contributed by atoms with Gasteiger partial charge in [0.15, 0.2) is 0 Å².